The van der Waals surface area contributed by atoms with Crippen LogP contribution < -0.4 is 9.47 Å². The molecule has 2 saturated heterocycles. The standard InChI is InChI=1S/C27H29ClN2O5S/c1-3-34-22-14-20(13-21(28)25(22)35-17-19-9-7-8-18(2)12-19)15-23-26(32)30(27(33)36-23)16-24(31)29-10-5-4-6-11-29/h7-9,12-15H,3-6,10-11,16-17H2,1-2H3/b23-15-. The van der Waals surface area contributed by atoms with Gasteiger partial charge in [-0.25, -0.2) is 0 Å². The van der Waals surface area contributed by atoms with E-state index in [1.54, 1.807) is 23.1 Å². The minimum absolute atomic E-state index is 0.199. The lowest BCUT2D eigenvalue weighted by atomic mass is 10.1. The second-order valence-electron chi connectivity index (χ2n) is 8.75. The highest BCUT2D eigenvalue weighted by Crippen LogP contribution is 2.39. The van der Waals surface area contributed by atoms with Crippen LogP contribution in [0.5, 0.6) is 11.5 Å². The number of ether oxygens (including phenoxy) is 2. The van der Waals surface area contributed by atoms with Crippen molar-refractivity contribution in [2.75, 3.05) is 26.2 Å². The number of aryl methyl sites for hydroxylation is 1. The molecular weight excluding hydrogens is 500 g/mol. The number of carbonyl (C=O) groups is 3. The maximum Gasteiger partial charge on any atom is 0.294 e. The van der Waals surface area contributed by atoms with Gasteiger partial charge in [0, 0.05) is 13.1 Å². The summed E-state index contributed by atoms with van der Waals surface area (Å²) in [5.74, 6) is 0.181. The number of carbonyl (C=O) groups excluding carboxylic acids is 3. The smallest absolute Gasteiger partial charge is 0.294 e. The molecule has 9 heteroatoms. The minimum Gasteiger partial charge on any atom is -0.490 e. The van der Waals surface area contributed by atoms with Crippen LogP contribution in [0.25, 0.3) is 6.08 Å². The summed E-state index contributed by atoms with van der Waals surface area (Å²) < 4.78 is 11.8. The zero-order valence-corrected chi connectivity index (χ0v) is 22.0. The molecule has 0 N–H and O–H groups in total. The van der Waals surface area contributed by atoms with Crippen molar-refractivity contribution in [3.05, 3.63) is 63.0 Å². The van der Waals surface area contributed by atoms with E-state index in [4.69, 9.17) is 21.1 Å². The van der Waals surface area contributed by atoms with Gasteiger partial charge in [0.05, 0.1) is 16.5 Å². The van der Waals surface area contributed by atoms with Crippen molar-refractivity contribution < 1.29 is 23.9 Å². The molecule has 36 heavy (non-hydrogen) atoms. The Hall–Kier alpha value is -2.97. The molecule has 0 saturated carbocycles. The molecule has 4 rings (SSSR count). The predicted octanol–water partition coefficient (Wildman–Crippen LogP) is 5.67. The van der Waals surface area contributed by atoms with Gasteiger partial charge < -0.3 is 14.4 Å². The maximum atomic E-state index is 12.9. The van der Waals surface area contributed by atoms with Gasteiger partial charge in [0.25, 0.3) is 11.1 Å². The first-order chi connectivity index (χ1) is 17.4. The normalized spacial score (nSPS) is 17.1. The van der Waals surface area contributed by atoms with E-state index in [2.05, 4.69) is 0 Å². The highest BCUT2D eigenvalue weighted by molar-refractivity contribution is 8.18. The van der Waals surface area contributed by atoms with E-state index < -0.39 is 11.1 Å². The van der Waals surface area contributed by atoms with Crippen LogP contribution in [0.4, 0.5) is 4.79 Å². The Morgan fingerprint density at radius 1 is 1.11 bits per heavy atom. The van der Waals surface area contributed by atoms with Crippen molar-refractivity contribution in [3.8, 4) is 11.5 Å². The number of rotatable bonds is 8. The lowest BCUT2D eigenvalue weighted by molar-refractivity contribution is -0.136. The van der Waals surface area contributed by atoms with Crippen LogP contribution in [0.2, 0.25) is 5.02 Å². The van der Waals surface area contributed by atoms with Gasteiger partial charge in [0.2, 0.25) is 5.91 Å². The fourth-order valence-corrected chi connectivity index (χ4v) is 5.31. The van der Waals surface area contributed by atoms with Crippen molar-refractivity contribution in [1.82, 2.24) is 9.80 Å². The van der Waals surface area contributed by atoms with Gasteiger partial charge in [-0.15, -0.1) is 0 Å². The number of likely N-dealkylation sites (tertiary alicyclic amines) is 1. The van der Waals surface area contributed by atoms with E-state index in [1.165, 1.54) is 0 Å². The van der Waals surface area contributed by atoms with Crippen LogP contribution in [0.3, 0.4) is 0 Å². The van der Waals surface area contributed by atoms with E-state index in [-0.39, 0.29) is 17.4 Å². The van der Waals surface area contributed by atoms with E-state index in [0.717, 1.165) is 47.1 Å². The third-order valence-corrected chi connectivity index (χ3v) is 7.16. The lowest BCUT2D eigenvalue weighted by Gasteiger charge is -2.27. The summed E-state index contributed by atoms with van der Waals surface area (Å²) in [6, 6.07) is 11.4. The zero-order valence-electron chi connectivity index (χ0n) is 20.4. The molecule has 2 aromatic carbocycles. The van der Waals surface area contributed by atoms with Gasteiger partial charge in [-0.1, -0.05) is 41.4 Å². The van der Waals surface area contributed by atoms with E-state index in [1.807, 2.05) is 38.1 Å². The molecular formula is C27H29ClN2O5S. The number of piperidine rings is 1. The molecule has 2 aliphatic heterocycles. The third-order valence-electron chi connectivity index (χ3n) is 5.97. The number of nitrogens with zero attached hydrogens (tertiary/aromatic N) is 2. The zero-order chi connectivity index (χ0) is 25.7. The minimum atomic E-state index is -0.482. The summed E-state index contributed by atoms with van der Waals surface area (Å²) in [5, 5.41) is -0.120. The summed E-state index contributed by atoms with van der Waals surface area (Å²) >= 11 is 7.36. The second kappa shape index (κ2) is 11.8. The first-order valence-corrected chi connectivity index (χ1v) is 13.2. The summed E-state index contributed by atoms with van der Waals surface area (Å²) in [6.45, 7) is 5.70. The van der Waals surface area contributed by atoms with Crippen molar-refractivity contribution in [2.45, 2.75) is 39.7 Å². The lowest BCUT2D eigenvalue weighted by Crippen LogP contribution is -2.44. The van der Waals surface area contributed by atoms with Crippen molar-refractivity contribution >= 4 is 46.5 Å². The predicted molar refractivity (Wildman–Crippen MR) is 141 cm³/mol. The van der Waals surface area contributed by atoms with Crippen LogP contribution in [0, 0.1) is 6.92 Å². The van der Waals surface area contributed by atoms with Crippen LogP contribution in [-0.2, 0) is 16.2 Å². The molecule has 3 amide bonds. The van der Waals surface area contributed by atoms with E-state index in [9.17, 15) is 14.4 Å². The number of thioether (sulfide) groups is 1. The van der Waals surface area contributed by atoms with Gasteiger partial charge >= 0.3 is 0 Å². The van der Waals surface area contributed by atoms with Crippen molar-refractivity contribution in [1.29, 1.82) is 0 Å². The Labute approximate surface area is 220 Å². The first-order valence-electron chi connectivity index (χ1n) is 12.0. The summed E-state index contributed by atoms with van der Waals surface area (Å²) in [6.07, 6.45) is 4.58. The molecule has 0 radical (unpaired) electrons. The quantitative estimate of drug-likeness (QED) is 0.411. The van der Waals surface area contributed by atoms with Crippen LogP contribution >= 0.6 is 23.4 Å². The van der Waals surface area contributed by atoms with Gasteiger partial charge in [0.1, 0.15) is 13.2 Å². The Balaban J connectivity index is 1.50. The molecule has 2 aromatic rings. The number of halogens is 1. The fourth-order valence-electron chi connectivity index (χ4n) is 4.20. The molecule has 2 heterocycles. The second-order valence-corrected chi connectivity index (χ2v) is 10.2. The third kappa shape index (κ3) is 6.23. The largest absolute Gasteiger partial charge is 0.490 e. The Kier molecular flexibility index (Phi) is 8.59. The summed E-state index contributed by atoms with van der Waals surface area (Å²) in [4.78, 5) is 41.0. The van der Waals surface area contributed by atoms with Crippen molar-refractivity contribution in [2.24, 2.45) is 0 Å². The number of benzene rings is 2. The SMILES string of the molecule is CCOc1cc(/C=C2\SC(=O)N(CC(=O)N3CCCCC3)C2=O)cc(Cl)c1OCc1cccc(C)c1. The van der Waals surface area contributed by atoms with Gasteiger partial charge in [-0.2, -0.15) is 0 Å². The fraction of sp³-hybridized carbons (Fsp3) is 0.370. The number of hydrogen-bond donors (Lipinski definition) is 0. The Bertz CT molecular complexity index is 1190. The average Bonchev–Trinajstić information content (AvgIpc) is 3.11. The molecule has 190 valence electrons. The number of amides is 3. The Morgan fingerprint density at radius 3 is 2.61 bits per heavy atom. The Morgan fingerprint density at radius 2 is 1.89 bits per heavy atom. The number of imide groups is 1. The molecule has 0 bridgehead atoms. The van der Waals surface area contributed by atoms with Crippen molar-refractivity contribution in [3.63, 3.8) is 0 Å². The van der Waals surface area contributed by atoms with Gasteiger partial charge in [-0.3, -0.25) is 19.3 Å². The molecule has 0 aliphatic carbocycles. The van der Waals surface area contributed by atoms with E-state index >= 15 is 0 Å². The topological polar surface area (TPSA) is 76.2 Å². The first kappa shape index (κ1) is 26.1. The average molecular weight is 529 g/mol. The highest BCUT2D eigenvalue weighted by atomic mass is 35.5. The van der Waals surface area contributed by atoms with Crippen LogP contribution in [-0.4, -0.2) is 53.1 Å². The molecule has 0 atom stereocenters. The molecule has 2 fully saturated rings. The maximum absolute atomic E-state index is 12.9. The molecule has 7 nitrogen and oxygen atoms in total. The van der Waals surface area contributed by atoms with Gasteiger partial charge in [-0.05, 0) is 74.2 Å². The molecule has 2 aliphatic rings. The monoisotopic (exact) mass is 528 g/mol. The van der Waals surface area contributed by atoms with Gasteiger partial charge in [0.15, 0.2) is 11.5 Å². The van der Waals surface area contributed by atoms with Crippen LogP contribution in [0.15, 0.2) is 41.3 Å². The summed E-state index contributed by atoms with van der Waals surface area (Å²) in [7, 11) is 0. The molecule has 0 aromatic heterocycles. The van der Waals surface area contributed by atoms with Crippen LogP contribution in [0.1, 0.15) is 42.9 Å². The highest BCUT2D eigenvalue weighted by Gasteiger charge is 2.37. The summed E-state index contributed by atoms with van der Waals surface area (Å²) in [5.41, 5.74) is 2.73. The number of hydrogen-bond acceptors (Lipinski definition) is 6. The molecule has 0 unspecified atom stereocenters. The molecule has 0 spiro atoms. The van der Waals surface area contributed by atoms with E-state index in [0.29, 0.717) is 48.4 Å².